The molecule has 0 atom stereocenters. The van der Waals surface area contributed by atoms with Gasteiger partial charge in [-0.1, -0.05) is 11.6 Å². The van der Waals surface area contributed by atoms with Crippen LogP contribution in [0.2, 0.25) is 5.02 Å². The van der Waals surface area contributed by atoms with Crippen LogP contribution in [0.4, 0.5) is 10.5 Å². The molecule has 5 nitrogen and oxygen atoms in total. The van der Waals surface area contributed by atoms with Crippen molar-refractivity contribution in [1.29, 1.82) is 0 Å². The lowest BCUT2D eigenvalue weighted by atomic mass is 9.95. The molecule has 0 aliphatic heterocycles. The molecule has 0 unspecified atom stereocenters. The van der Waals surface area contributed by atoms with Crippen LogP contribution in [0, 0.1) is 5.41 Å². The minimum atomic E-state index is -0.883. The Hall–Kier alpha value is -1.75. The minimum absolute atomic E-state index is 0.0703. The molecule has 1 aromatic rings. The van der Waals surface area contributed by atoms with Crippen molar-refractivity contribution in [2.75, 3.05) is 19.0 Å². The average Bonchev–Trinajstić information content (AvgIpc) is 2.38. The summed E-state index contributed by atoms with van der Waals surface area (Å²) in [5.74, 6) is -0.438. The molecule has 0 spiro atoms. The van der Waals surface area contributed by atoms with Crippen LogP contribution in [-0.4, -0.2) is 25.8 Å². The van der Waals surface area contributed by atoms with Gasteiger partial charge in [0.15, 0.2) is 0 Å². The van der Waals surface area contributed by atoms with E-state index in [1.807, 2.05) is 0 Å². The third-order valence-electron chi connectivity index (χ3n) is 2.39. The summed E-state index contributed by atoms with van der Waals surface area (Å²) in [4.78, 5) is 22.9. The highest BCUT2D eigenvalue weighted by atomic mass is 35.5. The third-order valence-corrected chi connectivity index (χ3v) is 2.64. The maximum Gasteiger partial charge on any atom is 0.411 e. The largest absolute Gasteiger partial charge is 0.469 e. The van der Waals surface area contributed by atoms with E-state index in [2.05, 4.69) is 10.1 Å². The van der Waals surface area contributed by atoms with Gasteiger partial charge in [0, 0.05) is 10.7 Å². The van der Waals surface area contributed by atoms with Crippen molar-refractivity contribution in [3.05, 3.63) is 29.3 Å². The molecule has 104 valence electrons. The van der Waals surface area contributed by atoms with Gasteiger partial charge in [0.05, 0.1) is 12.5 Å². The van der Waals surface area contributed by atoms with Gasteiger partial charge in [-0.3, -0.25) is 10.1 Å². The normalized spacial score (nSPS) is 10.7. The highest BCUT2D eigenvalue weighted by molar-refractivity contribution is 6.30. The Bertz CT molecular complexity index is 456. The van der Waals surface area contributed by atoms with Gasteiger partial charge in [0.1, 0.15) is 6.61 Å². The highest BCUT2D eigenvalue weighted by Gasteiger charge is 2.30. The predicted octanol–water partition coefficient (Wildman–Crippen LogP) is 3.09. The standard InChI is InChI=1S/C13H16ClNO4/c1-13(2,11(16)18-3)8-19-12(17)15-10-6-4-9(14)5-7-10/h4-7H,8H2,1-3H3,(H,15,17). The van der Waals surface area contributed by atoms with E-state index in [1.165, 1.54) is 7.11 Å². The Balaban J connectivity index is 2.48. The summed E-state index contributed by atoms with van der Waals surface area (Å²) in [5.41, 5.74) is -0.322. The van der Waals surface area contributed by atoms with Gasteiger partial charge < -0.3 is 9.47 Å². The number of nitrogens with one attached hydrogen (secondary N) is 1. The number of rotatable bonds is 4. The lowest BCUT2D eigenvalue weighted by Crippen LogP contribution is -2.32. The number of amides is 1. The first kappa shape index (κ1) is 15.3. The zero-order valence-corrected chi connectivity index (χ0v) is 11.8. The number of carbonyl (C=O) groups is 2. The number of esters is 1. The molecule has 1 rings (SSSR count). The lowest BCUT2D eigenvalue weighted by molar-refractivity contribution is -0.152. The van der Waals surface area contributed by atoms with E-state index in [9.17, 15) is 9.59 Å². The van der Waals surface area contributed by atoms with Crippen molar-refractivity contribution in [2.45, 2.75) is 13.8 Å². The summed E-state index contributed by atoms with van der Waals surface area (Å²) >= 11 is 5.72. The van der Waals surface area contributed by atoms with Crippen LogP contribution in [0.15, 0.2) is 24.3 Å². The molecule has 1 amide bonds. The number of ether oxygens (including phenoxy) is 2. The highest BCUT2D eigenvalue weighted by Crippen LogP contribution is 2.18. The fourth-order valence-electron chi connectivity index (χ4n) is 1.27. The van der Waals surface area contributed by atoms with Crippen molar-refractivity contribution in [1.82, 2.24) is 0 Å². The van der Waals surface area contributed by atoms with Gasteiger partial charge in [-0.15, -0.1) is 0 Å². The van der Waals surface area contributed by atoms with Crippen LogP contribution in [0.3, 0.4) is 0 Å². The van der Waals surface area contributed by atoms with Crippen LogP contribution in [0.1, 0.15) is 13.8 Å². The quantitative estimate of drug-likeness (QED) is 0.864. The second-order valence-electron chi connectivity index (χ2n) is 4.58. The molecule has 1 aromatic carbocycles. The lowest BCUT2D eigenvalue weighted by Gasteiger charge is -2.20. The number of carbonyl (C=O) groups excluding carboxylic acids is 2. The minimum Gasteiger partial charge on any atom is -0.469 e. The molecule has 0 aliphatic carbocycles. The maximum atomic E-state index is 11.5. The summed E-state index contributed by atoms with van der Waals surface area (Å²) in [6.07, 6.45) is -0.640. The second kappa shape index (κ2) is 6.43. The van der Waals surface area contributed by atoms with Crippen LogP contribution in [-0.2, 0) is 14.3 Å². The molecule has 1 N–H and O–H groups in total. The smallest absolute Gasteiger partial charge is 0.411 e. The van der Waals surface area contributed by atoms with Gasteiger partial charge in [-0.05, 0) is 38.1 Å². The average molecular weight is 286 g/mol. The van der Waals surface area contributed by atoms with Crippen LogP contribution in [0.25, 0.3) is 0 Å². The molecule has 0 bridgehead atoms. The Morgan fingerprint density at radius 1 is 1.26 bits per heavy atom. The molecule has 0 fully saturated rings. The van der Waals surface area contributed by atoms with Crippen LogP contribution >= 0.6 is 11.6 Å². The summed E-state index contributed by atoms with van der Waals surface area (Å²) in [6, 6.07) is 6.59. The van der Waals surface area contributed by atoms with Crippen LogP contribution < -0.4 is 5.32 Å². The molecule has 0 heterocycles. The number of hydrogen-bond donors (Lipinski definition) is 1. The first-order valence-electron chi connectivity index (χ1n) is 5.63. The summed E-state index contributed by atoms with van der Waals surface area (Å²) in [5, 5.41) is 3.10. The molecule has 19 heavy (non-hydrogen) atoms. The fraction of sp³-hybridized carbons (Fsp3) is 0.385. The SMILES string of the molecule is COC(=O)C(C)(C)COC(=O)Nc1ccc(Cl)cc1. The number of halogens is 1. The molecule has 0 radical (unpaired) electrons. The first-order chi connectivity index (χ1) is 8.85. The second-order valence-corrected chi connectivity index (χ2v) is 5.02. The van der Waals surface area contributed by atoms with Crippen LogP contribution in [0.5, 0.6) is 0 Å². The van der Waals surface area contributed by atoms with Gasteiger partial charge in [0.25, 0.3) is 0 Å². The summed E-state index contributed by atoms with van der Waals surface area (Å²) in [6.45, 7) is 3.20. The van der Waals surface area contributed by atoms with Crippen molar-refractivity contribution < 1.29 is 19.1 Å². The van der Waals surface area contributed by atoms with Gasteiger partial charge >= 0.3 is 12.1 Å². The number of anilines is 1. The van der Waals surface area contributed by atoms with Crippen molar-refractivity contribution in [3.8, 4) is 0 Å². The summed E-state index contributed by atoms with van der Waals surface area (Å²) < 4.78 is 9.59. The molecular formula is C13H16ClNO4. The molecule has 0 aromatic heterocycles. The number of methoxy groups -OCH3 is 1. The molecule has 6 heteroatoms. The first-order valence-corrected chi connectivity index (χ1v) is 6.01. The molecular weight excluding hydrogens is 270 g/mol. The summed E-state index contributed by atoms with van der Waals surface area (Å²) in [7, 11) is 1.29. The van der Waals surface area contributed by atoms with E-state index in [0.717, 1.165) is 0 Å². The van der Waals surface area contributed by atoms with Crippen molar-refractivity contribution in [3.63, 3.8) is 0 Å². The van der Waals surface area contributed by atoms with Gasteiger partial charge in [-0.2, -0.15) is 0 Å². The fourth-order valence-corrected chi connectivity index (χ4v) is 1.39. The van der Waals surface area contributed by atoms with Gasteiger partial charge in [0.2, 0.25) is 0 Å². The van der Waals surface area contributed by atoms with Gasteiger partial charge in [-0.25, -0.2) is 4.79 Å². The Morgan fingerprint density at radius 2 is 1.84 bits per heavy atom. The number of benzene rings is 1. The molecule has 0 saturated carbocycles. The van der Waals surface area contributed by atoms with E-state index in [1.54, 1.807) is 38.1 Å². The Kier molecular flexibility index (Phi) is 5.18. The van der Waals surface area contributed by atoms with E-state index in [4.69, 9.17) is 16.3 Å². The van der Waals surface area contributed by atoms with E-state index in [0.29, 0.717) is 10.7 Å². The van der Waals surface area contributed by atoms with Crippen molar-refractivity contribution in [2.24, 2.45) is 5.41 Å². The monoisotopic (exact) mass is 285 g/mol. The Labute approximate surface area is 116 Å². The van der Waals surface area contributed by atoms with E-state index < -0.39 is 17.5 Å². The Morgan fingerprint density at radius 3 is 2.37 bits per heavy atom. The maximum absolute atomic E-state index is 11.5. The predicted molar refractivity (Wildman–Crippen MR) is 72.2 cm³/mol. The van der Waals surface area contributed by atoms with Crippen molar-refractivity contribution >= 4 is 29.4 Å². The third kappa shape index (κ3) is 4.79. The molecule has 0 aliphatic rings. The zero-order chi connectivity index (χ0) is 14.5. The topological polar surface area (TPSA) is 64.6 Å². The molecule has 0 saturated heterocycles. The van der Waals surface area contributed by atoms with E-state index in [-0.39, 0.29) is 6.61 Å². The zero-order valence-electron chi connectivity index (χ0n) is 11.0. The van der Waals surface area contributed by atoms with E-state index >= 15 is 0 Å². The number of hydrogen-bond acceptors (Lipinski definition) is 4.